The van der Waals surface area contributed by atoms with E-state index in [0.717, 1.165) is 34.6 Å². The van der Waals surface area contributed by atoms with E-state index in [9.17, 15) is 0 Å². The summed E-state index contributed by atoms with van der Waals surface area (Å²) in [5.74, 6) is 1.41. The molecule has 1 aliphatic heterocycles. The van der Waals surface area contributed by atoms with Gasteiger partial charge in [0.2, 0.25) is 0 Å². The van der Waals surface area contributed by atoms with E-state index in [4.69, 9.17) is 4.98 Å². The van der Waals surface area contributed by atoms with Crippen molar-refractivity contribution in [3.05, 3.63) is 46.8 Å². The van der Waals surface area contributed by atoms with E-state index < -0.39 is 0 Å². The van der Waals surface area contributed by atoms with Gasteiger partial charge in [-0.25, -0.2) is 9.97 Å². The third kappa shape index (κ3) is 3.01. The van der Waals surface area contributed by atoms with Gasteiger partial charge in [0.05, 0.1) is 5.69 Å². The molecule has 2 aromatic rings. The van der Waals surface area contributed by atoms with Crippen LogP contribution in [0.15, 0.2) is 41.0 Å². The molecule has 0 bridgehead atoms. The van der Waals surface area contributed by atoms with E-state index in [1.165, 1.54) is 12.8 Å². The molecule has 1 aliphatic rings. The highest BCUT2D eigenvalue weighted by atomic mass is 79.9. The van der Waals surface area contributed by atoms with Gasteiger partial charge in [-0.05, 0) is 37.6 Å². The second-order valence-electron chi connectivity index (χ2n) is 4.85. The summed E-state index contributed by atoms with van der Waals surface area (Å²) in [6.45, 7) is 2.10. The normalized spacial score (nSPS) is 19.3. The number of rotatable bonds is 2. The standard InChI is InChI=1S/C15H16BrN3/c16-13-5-1-3-11(9-13)14-6-8-18-15(19-14)12-4-2-7-17-10-12/h1,3,5-6,8-9,12,17H,2,4,7,10H2. The van der Waals surface area contributed by atoms with Crippen LogP contribution in [-0.2, 0) is 0 Å². The van der Waals surface area contributed by atoms with Gasteiger partial charge < -0.3 is 5.32 Å². The van der Waals surface area contributed by atoms with Crippen molar-refractivity contribution < 1.29 is 0 Å². The number of piperidine rings is 1. The fraction of sp³-hybridized carbons (Fsp3) is 0.333. The van der Waals surface area contributed by atoms with Crippen LogP contribution in [0.3, 0.4) is 0 Å². The Hall–Kier alpha value is -1.26. The topological polar surface area (TPSA) is 37.8 Å². The highest BCUT2D eigenvalue weighted by Gasteiger charge is 2.18. The maximum Gasteiger partial charge on any atom is 0.133 e. The van der Waals surface area contributed by atoms with Crippen molar-refractivity contribution in [3.8, 4) is 11.3 Å². The van der Waals surface area contributed by atoms with Gasteiger partial charge in [0.1, 0.15) is 5.82 Å². The third-order valence-electron chi connectivity index (χ3n) is 3.46. The average Bonchev–Trinajstić information content (AvgIpc) is 2.48. The number of nitrogens with one attached hydrogen (secondary N) is 1. The molecule has 1 N–H and O–H groups in total. The number of hydrogen-bond acceptors (Lipinski definition) is 3. The Morgan fingerprint density at radius 1 is 1.26 bits per heavy atom. The van der Waals surface area contributed by atoms with Crippen LogP contribution in [0.25, 0.3) is 11.3 Å². The van der Waals surface area contributed by atoms with E-state index in [2.05, 4.69) is 38.4 Å². The molecule has 1 saturated heterocycles. The number of aromatic nitrogens is 2. The summed E-state index contributed by atoms with van der Waals surface area (Å²) >= 11 is 3.50. The molecule has 0 radical (unpaired) electrons. The van der Waals surface area contributed by atoms with Crippen molar-refractivity contribution in [2.75, 3.05) is 13.1 Å². The number of halogens is 1. The molecule has 1 atom stereocenters. The van der Waals surface area contributed by atoms with Gasteiger partial charge >= 0.3 is 0 Å². The number of nitrogens with zero attached hydrogens (tertiary/aromatic N) is 2. The Balaban J connectivity index is 1.91. The van der Waals surface area contributed by atoms with Gasteiger partial charge in [-0.1, -0.05) is 28.1 Å². The minimum absolute atomic E-state index is 0.445. The Morgan fingerprint density at radius 2 is 2.21 bits per heavy atom. The molecule has 0 amide bonds. The fourth-order valence-corrected chi connectivity index (χ4v) is 2.85. The second kappa shape index (κ2) is 5.80. The van der Waals surface area contributed by atoms with E-state index in [1.807, 2.05) is 24.4 Å². The zero-order valence-electron chi connectivity index (χ0n) is 10.6. The molecular formula is C15H16BrN3. The molecule has 0 spiro atoms. The third-order valence-corrected chi connectivity index (χ3v) is 3.95. The first kappa shape index (κ1) is 12.8. The summed E-state index contributed by atoms with van der Waals surface area (Å²) in [7, 11) is 0. The highest BCUT2D eigenvalue weighted by molar-refractivity contribution is 9.10. The molecule has 1 fully saturated rings. The summed E-state index contributed by atoms with van der Waals surface area (Å²) in [6, 6.07) is 10.2. The first-order valence-electron chi connectivity index (χ1n) is 6.62. The molecule has 1 unspecified atom stereocenters. The van der Waals surface area contributed by atoms with Crippen molar-refractivity contribution in [3.63, 3.8) is 0 Å². The number of benzene rings is 1. The van der Waals surface area contributed by atoms with Crippen molar-refractivity contribution >= 4 is 15.9 Å². The minimum atomic E-state index is 0.445. The molecule has 4 heteroatoms. The lowest BCUT2D eigenvalue weighted by Crippen LogP contribution is -2.29. The first-order valence-corrected chi connectivity index (χ1v) is 7.42. The van der Waals surface area contributed by atoms with Crippen LogP contribution in [0.5, 0.6) is 0 Å². The van der Waals surface area contributed by atoms with Gasteiger partial charge in [-0.3, -0.25) is 0 Å². The predicted molar refractivity (Wildman–Crippen MR) is 80.0 cm³/mol. The quantitative estimate of drug-likeness (QED) is 0.922. The van der Waals surface area contributed by atoms with E-state index >= 15 is 0 Å². The molecule has 3 rings (SSSR count). The molecule has 0 saturated carbocycles. The van der Waals surface area contributed by atoms with Crippen LogP contribution in [-0.4, -0.2) is 23.1 Å². The van der Waals surface area contributed by atoms with Crippen molar-refractivity contribution in [1.82, 2.24) is 15.3 Å². The van der Waals surface area contributed by atoms with Gasteiger partial charge in [-0.15, -0.1) is 0 Å². The van der Waals surface area contributed by atoms with Crippen LogP contribution in [0.4, 0.5) is 0 Å². The minimum Gasteiger partial charge on any atom is -0.316 e. The van der Waals surface area contributed by atoms with Gasteiger partial charge in [0.25, 0.3) is 0 Å². The van der Waals surface area contributed by atoms with Gasteiger partial charge in [-0.2, -0.15) is 0 Å². The zero-order chi connectivity index (χ0) is 13.1. The SMILES string of the molecule is Brc1cccc(-c2ccnc(C3CCCNC3)n2)c1. The molecule has 2 heterocycles. The summed E-state index contributed by atoms with van der Waals surface area (Å²) in [5, 5.41) is 3.41. The molecule has 1 aromatic carbocycles. The van der Waals surface area contributed by atoms with Crippen molar-refractivity contribution in [1.29, 1.82) is 0 Å². The Bertz CT molecular complexity index is 565. The molecule has 0 aliphatic carbocycles. The second-order valence-corrected chi connectivity index (χ2v) is 5.77. The van der Waals surface area contributed by atoms with Crippen LogP contribution >= 0.6 is 15.9 Å². The monoisotopic (exact) mass is 317 g/mol. The zero-order valence-corrected chi connectivity index (χ0v) is 12.2. The Labute approximate surface area is 121 Å². The van der Waals surface area contributed by atoms with Crippen LogP contribution in [0.1, 0.15) is 24.6 Å². The lowest BCUT2D eigenvalue weighted by atomic mass is 9.98. The van der Waals surface area contributed by atoms with E-state index in [0.29, 0.717) is 5.92 Å². The van der Waals surface area contributed by atoms with Gasteiger partial charge in [0.15, 0.2) is 0 Å². The van der Waals surface area contributed by atoms with Crippen molar-refractivity contribution in [2.45, 2.75) is 18.8 Å². The van der Waals surface area contributed by atoms with Crippen LogP contribution in [0, 0.1) is 0 Å². The molecule has 3 nitrogen and oxygen atoms in total. The van der Waals surface area contributed by atoms with E-state index in [1.54, 1.807) is 0 Å². The lowest BCUT2D eigenvalue weighted by Gasteiger charge is -2.21. The van der Waals surface area contributed by atoms with E-state index in [-0.39, 0.29) is 0 Å². The largest absolute Gasteiger partial charge is 0.316 e. The molecular weight excluding hydrogens is 302 g/mol. The summed E-state index contributed by atoms with van der Waals surface area (Å²) < 4.78 is 1.07. The summed E-state index contributed by atoms with van der Waals surface area (Å²) in [6.07, 6.45) is 4.25. The van der Waals surface area contributed by atoms with Crippen LogP contribution < -0.4 is 5.32 Å². The molecule has 98 valence electrons. The summed E-state index contributed by atoms with van der Waals surface area (Å²) in [5.41, 5.74) is 2.12. The van der Waals surface area contributed by atoms with Crippen molar-refractivity contribution in [2.24, 2.45) is 0 Å². The smallest absolute Gasteiger partial charge is 0.133 e. The maximum atomic E-state index is 4.74. The maximum absolute atomic E-state index is 4.74. The fourth-order valence-electron chi connectivity index (χ4n) is 2.45. The lowest BCUT2D eigenvalue weighted by molar-refractivity contribution is 0.447. The predicted octanol–water partition coefficient (Wildman–Crippen LogP) is 3.37. The van der Waals surface area contributed by atoms with Crippen LogP contribution in [0.2, 0.25) is 0 Å². The summed E-state index contributed by atoms with van der Waals surface area (Å²) in [4.78, 5) is 9.18. The molecule has 1 aromatic heterocycles. The Morgan fingerprint density at radius 3 is 3.00 bits per heavy atom. The molecule has 19 heavy (non-hydrogen) atoms. The Kier molecular flexibility index (Phi) is 3.89. The first-order chi connectivity index (χ1) is 9.33. The average molecular weight is 318 g/mol. The van der Waals surface area contributed by atoms with Gasteiger partial charge in [0, 0.05) is 28.7 Å². The highest BCUT2D eigenvalue weighted by Crippen LogP contribution is 2.24. The number of hydrogen-bond donors (Lipinski definition) is 1.